The Balaban J connectivity index is 2.10. The van der Waals surface area contributed by atoms with Gasteiger partial charge in [-0.2, -0.15) is 0 Å². The number of aryl methyl sites for hydroxylation is 3. The standard InChI is InChI=1S/C16H18N4S/c1-9-6-4-5-7-12(9)8-13-18-15(20-17)14-10(2)11(3)21-16(14)19-13/h4-7H,8,17H2,1-3H3,(H,18,19,20). The van der Waals surface area contributed by atoms with Gasteiger partial charge in [0.1, 0.15) is 10.7 Å². The summed E-state index contributed by atoms with van der Waals surface area (Å²) in [7, 11) is 0. The average molecular weight is 298 g/mol. The fraction of sp³-hybridized carbons (Fsp3) is 0.250. The van der Waals surface area contributed by atoms with Gasteiger partial charge >= 0.3 is 0 Å². The van der Waals surface area contributed by atoms with Gasteiger partial charge < -0.3 is 5.43 Å². The van der Waals surface area contributed by atoms with Gasteiger partial charge in [0, 0.05) is 11.3 Å². The minimum Gasteiger partial charge on any atom is -0.308 e. The van der Waals surface area contributed by atoms with Gasteiger partial charge in [0.25, 0.3) is 0 Å². The number of nitrogens with two attached hydrogens (primary N) is 1. The van der Waals surface area contributed by atoms with E-state index in [0.717, 1.165) is 16.0 Å². The summed E-state index contributed by atoms with van der Waals surface area (Å²) >= 11 is 1.69. The van der Waals surface area contributed by atoms with Crippen molar-refractivity contribution in [2.75, 3.05) is 5.43 Å². The number of fused-ring (bicyclic) bond motifs is 1. The summed E-state index contributed by atoms with van der Waals surface area (Å²) in [6.07, 6.45) is 0.716. The van der Waals surface area contributed by atoms with Crippen LogP contribution in [0.5, 0.6) is 0 Å². The zero-order chi connectivity index (χ0) is 15.0. The molecule has 0 spiro atoms. The molecule has 0 fully saturated rings. The predicted octanol–water partition coefficient (Wildman–Crippen LogP) is 3.49. The number of anilines is 1. The molecule has 0 radical (unpaired) electrons. The van der Waals surface area contributed by atoms with Crippen LogP contribution < -0.4 is 11.3 Å². The zero-order valence-electron chi connectivity index (χ0n) is 12.4. The van der Waals surface area contributed by atoms with Crippen LogP contribution in [0, 0.1) is 20.8 Å². The predicted molar refractivity (Wildman–Crippen MR) is 88.7 cm³/mol. The van der Waals surface area contributed by atoms with Crippen LogP contribution in [0.1, 0.15) is 27.4 Å². The van der Waals surface area contributed by atoms with Gasteiger partial charge in [-0.1, -0.05) is 24.3 Å². The first-order chi connectivity index (χ1) is 10.1. The summed E-state index contributed by atoms with van der Waals surface area (Å²) in [5.74, 6) is 7.16. The van der Waals surface area contributed by atoms with E-state index < -0.39 is 0 Å². The third kappa shape index (κ3) is 2.50. The number of hydrazine groups is 1. The lowest BCUT2D eigenvalue weighted by atomic mass is 10.1. The molecule has 2 aromatic heterocycles. The van der Waals surface area contributed by atoms with E-state index in [0.29, 0.717) is 12.2 Å². The van der Waals surface area contributed by atoms with Crippen molar-refractivity contribution in [3.63, 3.8) is 0 Å². The van der Waals surface area contributed by atoms with Crippen LogP contribution in [0.4, 0.5) is 5.82 Å². The number of nitrogens with zero attached hydrogens (tertiary/aromatic N) is 2. The molecule has 1 aromatic carbocycles. The molecule has 3 N–H and O–H groups in total. The molecule has 0 aliphatic heterocycles. The lowest BCUT2D eigenvalue weighted by Gasteiger charge is -2.08. The Bertz CT molecular complexity index is 807. The van der Waals surface area contributed by atoms with E-state index in [1.54, 1.807) is 11.3 Å². The minimum atomic E-state index is 0.713. The van der Waals surface area contributed by atoms with E-state index >= 15 is 0 Å². The number of hydrogen-bond donors (Lipinski definition) is 2. The van der Waals surface area contributed by atoms with Crippen molar-refractivity contribution >= 4 is 27.4 Å². The summed E-state index contributed by atoms with van der Waals surface area (Å²) in [6, 6.07) is 8.31. The molecule has 0 atom stereocenters. The fourth-order valence-corrected chi connectivity index (χ4v) is 3.50. The summed E-state index contributed by atoms with van der Waals surface area (Å²) in [5, 5.41) is 1.04. The molecule has 0 aliphatic carbocycles. The average Bonchev–Trinajstić information content (AvgIpc) is 2.76. The van der Waals surface area contributed by atoms with E-state index in [9.17, 15) is 0 Å². The second-order valence-electron chi connectivity index (χ2n) is 5.20. The lowest BCUT2D eigenvalue weighted by molar-refractivity contribution is 0.984. The molecule has 0 bridgehead atoms. The Morgan fingerprint density at radius 3 is 2.62 bits per heavy atom. The quantitative estimate of drug-likeness (QED) is 0.574. The first-order valence-electron chi connectivity index (χ1n) is 6.88. The van der Waals surface area contributed by atoms with Crippen molar-refractivity contribution in [3.05, 3.63) is 51.7 Å². The SMILES string of the molecule is Cc1ccccc1Cc1nc(NN)c2c(C)c(C)sc2n1. The Morgan fingerprint density at radius 2 is 1.90 bits per heavy atom. The second kappa shape index (κ2) is 5.42. The van der Waals surface area contributed by atoms with Gasteiger partial charge in [-0.3, -0.25) is 0 Å². The minimum absolute atomic E-state index is 0.713. The number of nitrogens with one attached hydrogen (secondary N) is 1. The molecule has 3 aromatic rings. The molecular weight excluding hydrogens is 280 g/mol. The molecule has 0 amide bonds. The summed E-state index contributed by atoms with van der Waals surface area (Å²) < 4.78 is 0. The van der Waals surface area contributed by atoms with Gasteiger partial charge in [0.05, 0.1) is 5.39 Å². The van der Waals surface area contributed by atoms with Gasteiger partial charge in [-0.25, -0.2) is 15.8 Å². The molecule has 3 rings (SSSR count). The highest BCUT2D eigenvalue weighted by atomic mass is 32.1. The van der Waals surface area contributed by atoms with Crippen molar-refractivity contribution < 1.29 is 0 Å². The molecular formula is C16H18N4S. The van der Waals surface area contributed by atoms with Crippen molar-refractivity contribution in [3.8, 4) is 0 Å². The number of nitrogen functional groups attached to an aromatic ring is 1. The van der Waals surface area contributed by atoms with Crippen molar-refractivity contribution in [1.29, 1.82) is 0 Å². The Morgan fingerprint density at radius 1 is 1.14 bits per heavy atom. The number of aromatic nitrogens is 2. The molecule has 0 unspecified atom stereocenters. The van der Waals surface area contributed by atoms with Gasteiger partial charge in [0.2, 0.25) is 0 Å². The molecule has 0 saturated heterocycles. The summed E-state index contributed by atoms with van der Waals surface area (Å²) in [4.78, 5) is 11.6. The molecule has 0 aliphatic rings. The normalized spacial score (nSPS) is 11.0. The van der Waals surface area contributed by atoms with E-state index in [2.05, 4.69) is 43.3 Å². The number of benzene rings is 1. The zero-order valence-corrected chi connectivity index (χ0v) is 13.2. The Kier molecular flexibility index (Phi) is 3.61. The maximum absolute atomic E-state index is 5.65. The molecule has 0 saturated carbocycles. The van der Waals surface area contributed by atoms with E-state index in [1.165, 1.54) is 21.6 Å². The number of hydrogen-bond acceptors (Lipinski definition) is 5. The molecule has 5 heteroatoms. The Hall–Kier alpha value is -1.98. The Labute approximate surface area is 128 Å². The van der Waals surface area contributed by atoms with Gasteiger partial charge in [-0.15, -0.1) is 11.3 Å². The van der Waals surface area contributed by atoms with Crippen molar-refractivity contribution in [2.24, 2.45) is 5.84 Å². The van der Waals surface area contributed by atoms with Crippen LogP contribution in [-0.2, 0) is 6.42 Å². The molecule has 21 heavy (non-hydrogen) atoms. The molecule has 2 heterocycles. The largest absolute Gasteiger partial charge is 0.308 e. The highest BCUT2D eigenvalue weighted by Gasteiger charge is 2.14. The van der Waals surface area contributed by atoms with Crippen LogP contribution >= 0.6 is 11.3 Å². The van der Waals surface area contributed by atoms with Crippen LogP contribution in [0.25, 0.3) is 10.2 Å². The first-order valence-corrected chi connectivity index (χ1v) is 7.69. The van der Waals surface area contributed by atoms with Crippen molar-refractivity contribution in [2.45, 2.75) is 27.2 Å². The smallest absolute Gasteiger partial charge is 0.152 e. The lowest BCUT2D eigenvalue weighted by Crippen LogP contribution is -2.11. The van der Waals surface area contributed by atoms with Crippen molar-refractivity contribution in [1.82, 2.24) is 9.97 Å². The third-order valence-electron chi connectivity index (χ3n) is 3.82. The third-order valence-corrected chi connectivity index (χ3v) is 4.92. The molecule has 108 valence electrons. The van der Waals surface area contributed by atoms with Crippen LogP contribution in [0.2, 0.25) is 0 Å². The van der Waals surface area contributed by atoms with Crippen LogP contribution in [0.3, 0.4) is 0 Å². The highest BCUT2D eigenvalue weighted by Crippen LogP contribution is 2.33. The number of rotatable bonds is 3. The molecule has 4 nitrogen and oxygen atoms in total. The van der Waals surface area contributed by atoms with E-state index in [1.807, 2.05) is 12.1 Å². The maximum Gasteiger partial charge on any atom is 0.152 e. The first kappa shape index (κ1) is 14.0. The van der Waals surface area contributed by atoms with E-state index in [-0.39, 0.29) is 0 Å². The summed E-state index contributed by atoms with van der Waals surface area (Å²) in [6.45, 7) is 6.29. The van der Waals surface area contributed by atoms with Gasteiger partial charge in [0.15, 0.2) is 5.82 Å². The van der Waals surface area contributed by atoms with Crippen LogP contribution in [-0.4, -0.2) is 9.97 Å². The monoisotopic (exact) mass is 298 g/mol. The topological polar surface area (TPSA) is 63.8 Å². The highest BCUT2D eigenvalue weighted by molar-refractivity contribution is 7.18. The fourth-order valence-electron chi connectivity index (χ4n) is 2.46. The van der Waals surface area contributed by atoms with Crippen LogP contribution in [0.15, 0.2) is 24.3 Å². The summed E-state index contributed by atoms with van der Waals surface area (Å²) in [5.41, 5.74) is 6.41. The number of thiophene rings is 1. The van der Waals surface area contributed by atoms with Gasteiger partial charge in [-0.05, 0) is 37.5 Å². The maximum atomic E-state index is 5.65. The van der Waals surface area contributed by atoms with E-state index in [4.69, 9.17) is 10.8 Å². The second-order valence-corrected chi connectivity index (χ2v) is 6.40.